The molecule has 0 unspecified atom stereocenters. The van der Waals surface area contributed by atoms with Gasteiger partial charge in [0.05, 0.1) is 16.9 Å². The van der Waals surface area contributed by atoms with Crippen LogP contribution in [0.3, 0.4) is 0 Å². The summed E-state index contributed by atoms with van der Waals surface area (Å²) in [7, 11) is 1.91. The number of H-pyrrole nitrogens is 2. The van der Waals surface area contributed by atoms with E-state index in [1.165, 1.54) is 17.7 Å². The zero-order valence-corrected chi connectivity index (χ0v) is 13.6. The molecule has 0 saturated heterocycles. The van der Waals surface area contributed by atoms with Crippen LogP contribution in [0, 0.1) is 18.3 Å². The zero-order chi connectivity index (χ0) is 15.8. The second kappa shape index (κ2) is 4.13. The summed E-state index contributed by atoms with van der Waals surface area (Å²) in [6.07, 6.45) is 3.56. The first-order valence-electron chi connectivity index (χ1n) is 8.19. The van der Waals surface area contributed by atoms with Gasteiger partial charge in [-0.15, -0.1) is 0 Å². The highest BCUT2D eigenvalue weighted by atomic mass is 15.2. The molecule has 3 heterocycles. The number of anilines is 1. The molecular weight excluding hydrogens is 288 g/mol. The van der Waals surface area contributed by atoms with Gasteiger partial charge in [-0.3, -0.25) is 5.10 Å². The fourth-order valence-electron chi connectivity index (χ4n) is 4.05. The summed E-state index contributed by atoms with van der Waals surface area (Å²) in [5.41, 5.74) is 7.77. The van der Waals surface area contributed by atoms with E-state index in [0.29, 0.717) is 5.41 Å². The molecule has 2 aliphatic carbocycles. The molecule has 6 nitrogen and oxygen atoms in total. The van der Waals surface area contributed by atoms with E-state index in [1.807, 2.05) is 14.0 Å². The molecule has 0 radical (unpaired) electrons. The summed E-state index contributed by atoms with van der Waals surface area (Å²) in [5, 5.41) is 11.0. The summed E-state index contributed by atoms with van der Waals surface area (Å²) in [5.74, 6) is 1.63. The van der Waals surface area contributed by atoms with Crippen LogP contribution >= 0.6 is 0 Å². The van der Waals surface area contributed by atoms with Gasteiger partial charge >= 0.3 is 0 Å². The molecule has 0 aliphatic heterocycles. The Morgan fingerprint density at radius 3 is 3.04 bits per heavy atom. The molecule has 23 heavy (non-hydrogen) atoms. The number of aromatic amines is 2. The molecule has 5 rings (SSSR count). The minimum Gasteiger partial charge on any atom is -0.387 e. The lowest BCUT2D eigenvalue weighted by molar-refractivity contribution is 0.467. The minimum atomic E-state index is 0.505. The maximum atomic E-state index is 4.68. The molecule has 2 atom stereocenters. The maximum absolute atomic E-state index is 4.68. The van der Waals surface area contributed by atoms with Gasteiger partial charge in [0.2, 0.25) is 0 Å². The molecule has 1 saturated carbocycles. The maximum Gasteiger partial charge on any atom is 0.178 e. The summed E-state index contributed by atoms with van der Waals surface area (Å²) in [6, 6.07) is 2.06. The van der Waals surface area contributed by atoms with Gasteiger partial charge in [-0.25, -0.2) is 9.97 Å². The van der Waals surface area contributed by atoms with Crippen molar-refractivity contribution < 1.29 is 0 Å². The summed E-state index contributed by atoms with van der Waals surface area (Å²) in [4.78, 5) is 12.7. The van der Waals surface area contributed by atoms with E-state index in [-0.39, 0.29) is 0 Å². The van der Waals surface area contributed by atoms with Crippen molar-refractivity contribution >= 4 is 16.9 Å². The van der Waals surface area contributed by atoms with Crippen molar-refractivity contribution in [1.82, 2.24) is 25.1 Å². The van der Waals surface area contributed by atoms with Gasteiger partial charge in [0.15, 0.2) is 11.5 Å². The molecule has 0 aromatic carbocycles. The van der Waals surface area contributed by atoms with Crippen molar-refractivity contribution in [2.75, 3.05) is 12.4 Å². The van der Waals surface area contributed by atoms with Crippen molar-refractivity contribution in [3.63, 3.8) is 0 Å². The normalized spacial score (nSPS) is 25.3. The van der Waals surface area contributed by atoms with Crippen LogP contribution in [0.5, 0.6) is 0 Å². The number of hydrogen-bond acceptors (Lipinski definition) is 4. The standard InChI is InChI=1S/C17H20N6/c1-8-11(18-3)5-12-15(19-8)21-16(20-12)14-10-4-9-6-17(9,2)7-13(10)22-23-14/h5,9,18H,4,6-7H2,1-3H3,(H,22,23)(H,19,20,21)/t9-,17-/m1/s1. The largest absolute Gasteiger partial charge is 0.387 e. The molecule has 0 bridgehead atoms. The van der Waals surface area contributed by atoms with E-state index in [4.69, 9.17) is 0 Å². The Bertz CT molecular complexity index is 936. The lowest BCUT2D eigenvalue weighted by Crippen LogP contribution is -2.13. The Morgan fingerprint density at radius 2 is 2.22 bits per heavy atom. The number of nitrogens with one attached hydrogen (secondary N) is 3. The molecular formula is C17H20N6. The molecule has 1 fully saturated rings. The predicted molar refractivity (Wildman–Crippen MR) is 89.4 cm³/mol. The van der Waals surface area contributed by atoms with Crippen LogP contribution in [0.15, 0.2) is 6.07 Å². The van der Waals surface area contributed by atoms with E-state index >= 15 is 0 Å². The third-order valence-corrected chi connectivity index (χ3v) is 5.68. The number of aromatic nitrogens is 5. The molecule has 3 aromatic rings. The number of fused-ring (bicyclic) bond motifs is 3. The number of aryl methyl sites for hydroxylation is 1. The van der Waals surface area contributed by atoms with Gasteiger partial charge in [0.25, 0.3) is 0 Å². The first-order valence-corrected chi connectivity index (χ1v) is 8.19. The van der Waals surface area contributed by atoms with Crippen LogP contribution in [-0.4, -0.2) is 32.2 Å². The second-order valence-corrected chi connectivity index (χ2v) is 7.29. The molecule has 3 aromatic heterocycles. The van der Waals surface area contributed by atoms with E-state index in [0.717, 1.165) is 52.8 Å². The Balaban J connectivity index is 1.62. The lowest BCUT2D eigenvalue weighted by Gasteiger charge is -2.17. The number of pyridine rings is 1. The van der Waals surface area contributed by atoms with Crippen molar-refractivity contribution in [2.24, 2.45) is 11.3 Å². The number of nitrogens with zero attached hydrogens (tertiary/aromatic N) is 3. The van der Waals surface area contributed by atoms with Gasteiger partial charge in [-0.2, -0.15) is 5.10 Å². The van der Waals surface area contributed by atoms with Crippen LogP contribution < -0.4 is 5.32 Å². The average molecular weight is 308 g/mol. The van der Waals surface area contributed by atoms with Crippen molar-refractivity contribution in [1.29, 1.82) is 0 Å². The fourth-order valence-corrected chi connectivity index (χ4v) is 4.05. The van der Waals surface area contributed by atoms with E-state index in [9.17, 15) is 0 Å². The Kier molecular flexibility index (Phi) is 2.35. The fraction of sp³-hybridized carbons (Fsp3) is 0.471. The average Bonchev–Trinajstić information content (AvgIpc) is 2.83. The smallest absolute Gasteiger partial charge is 0.178 e. The first-order chi connectivity index (χ1) is 11.1. The van der Waals surface area contributed by atoms with Gasteiger partial charge in [0, 0.05) is 18.3 Å². The molecule has 118 valence electrons. The highest BCUT2D eigenvalue weighted by Crippen LogP contribution is 2.59. The summed E-state index contributed by atoms with van der Waals surface area (Å²) < 4.78 is 0. The van der Waals surface area contributed by atoms with Gasteiger partial charge in [-0.1, -0.05) is 6.92 Å². The summed E-state index contributed by atoms with van der Waals surface area (Å²) in [6.45, 7) is 4.37. The second-order valence-electron chi connectivity index (χ2n) is 7.29. The highest BCUT2D eigenvalue weighted by Gasteiger charge is 2.53. The molecule has 3 N–H and O–H groups in total. The topological polar surface area (TPSA) is 82.3 Å². The monoisotopic (exact) mass is 308 g/mol. The first kappa shape index (κ1) is 13.1. The Labute approximate surface area is 134 Å². The van der Waals surface area contributed by atoms with E-state index < -0.39 is 0 Å². The molecule has 0 amide bonds. The number of hydrogen-bond donors (Lipinski definition) is 3. The van der Waals surface area contributed by atoms with Crippen LogP contribution in [0.1, 0.15) is 30.3 Å². The molecule has 2 aliphatic rings. The zero-order valence-electron chi connectivity index (χ0n) is 13.6. The lowest BCUT2D eigenvalue weighted by atomic mass is 9.88. The third-order valence-electron chi connectivity index (χ3n) is 5.68. The Hall–Kier alpha value is -2.37. The number of imidazole rings is 1. The SMILES string of the molecule is CNc1cc2[nH]c(-c3n[nH]c4c3C[C@@H]3C[C@]3(C)C4)nc2nc1C. The van der Waals surface area contributed by atoms with E-state index in [1.54, 1.807) is 0 Å². The molecule has 6 heteroatoms. The third kappa shape index (κ3) is 1.77. The van der Waals surface area contributed by atoms with Crippen molar-refractivity contribution in [3.8, 4) is 11.5 Å². The quantitative estimate of drug-likeness (QED) is 0.680. The number of rotatable bonds is 2. The van der Waals surface area contributed by atoms with Gasteiger partial charge in [0.1, 0.15) is 5.69 Å². The van der Waals surface area contributed by atoms with Gasteiger partial charge in [-0.05, 0) is 43.6 Å². The van der Waals surface area contributed by atoms with Crippen LogP contribution in [0.2, 0.25) is 0 Å². The van der Waals surface area contributed by atoms with Crippen LogP contribution in [0.4, 0.5) is 5.69 Å². The molecule has 0 spiro atoms. The highest BCUT2D eigenvalue weighted by molar-refractivity contribution is 5.80. The summed E-state index contributed by atoms with van der Waals surface area (Å²) >= 11 is 0. The van der Waals surface area contributed by atoms with Crippen LogP contribution in [0.25, 0.3) is 22.7 Å². The van der Waals surface area contributed by atoms with Crippen molar-refractivity contribution in [2.45, 2.75) is 33.1 Å². The van der Waals surface area contributed by atoms with E-state index in [2.05, 4.69) is 43.5 Å². The minimum absolute atomic E-state index is 0.505. The van der Waals surface area contributed by atoms with Gasteiger partial charge < -0.3 is 10.3 Å². The predicted octanol–water partition coefficient (Wildman–Crippen LogP) is 2.82. The van der Waals surface area contributed by atoms with Crippen LogP contribution in [-0.2, 0) is 12.8 Å². The van der Waals surface area contributed by atoms with Crippen molar-refractivity contribution in [3.05, 3.63) is 23.0 Å². The Morgan fingerprint density at radius 1 is 1.35 bits per heavy atom.